The van der Waals surface area contributed by atoms with Crippen LogP contribution in [0.1, 0.15) is 66.3 Å². The molecule has 1 N–H and O–H groups in total. The van der Waals surface area contributed by atoms with Crippen molar-refractivity contribution in [3.8, 4) is 0 Å². The molecule has 158 valence electrons. The monoisotopic (exact) mass is 409 g/mol. The summed E-state index contributed by atoms with van der Waals surface area (Å²) in [5.74, 6) is -1.39. The van der Waals surface area contributed by atoms with Crippen LogP contribution in [-0.2, 0) is 20.7 Å². The fourth-order valence-electron chi connectivity index (χ4n) is 2.88. The number of carbonyl (C=O) groups is 4. The quantitative estimate of drug-likeness (QED) is 0.465. The number of amides is 1. The predicted molar refractivity (Wildman–Crippen MR) is 115 cm³/mol. The molecule has 2 aromatic carbocycles. The van der Waals surface area contributed by atoms with Gasteiger partial charge in [0, 0.05) is 23.2 Å². The number of carbonyl (C=O) groups excluding carboxylic acids is 4. The molecule has 0 aliphatic heterocycles. The van der Waals surface area contributed by atoms with E-state index in [0.717, 1.165) is 12.8 Å². The van der Waals surface area contributed by atoms with Gasteiger partial charge in [-0.3, -0.25) is 19.2 Å². The highest BCUT2D eigenvalue weighted by Crippen LogP contribution is 2.13. The Hall–Kier alpha value is -3.28. The van der Waals surface area contributed by atoms with Gasteiger partial charge >= 0.3 is 5.97 Å². The lowest BCUT2D eigenvalue weighted by atomic mass is 10.0. The maximum Gasteiger partial charge on any atom is 0.307 e. The summed E-state index contributed by atoms with van der Waals surface area (Å²) in [6.45, 7) is 4.98. The zero-order valence-electron chi connectivity index (χ0n) is 17.6. The smallest absolute Gasteiger partial charge is 0.307 e. The summed E-state index contributed by atoms with van der Waals surface area (Å²) in [6, 6.07) is 13.9. The highest BCUT2D eigenvalue weighted by molar-refractivity contribution is 5.99. The maximum absolute atomic E-state index is 12.3. The minimum atomic E-state index is -1.03. The molecular weight excluding hydrogens is 382 g/mol. The molecule has 0 saturated heterocycles. The Morgan fingerprint density at radius 1 is 0.967 bits per heavy atom. The van der Waals surface area contributed by atoms with E-state index in [2.05, 4.69) is 12.2 Å². The number of aryl methyl sites for hydroxylation is 1. The Balaban J connectivity index is 1.82. The van der Waals surface area contributed by atoms with Gasteiger partial charge in [-0.1, -0.05) is 49.7 Å². The molecule has 1 amide bonds. The van der Waals surface area contributed by atoms with Crippen LogP contribution in [0.4, 0.5) is 5.69 Å². The van der Waals surface area contributed by atoms with Gasteiger partial charge in [0.2, 0.25) is 0 Å². The van der Waals surface area contributed by atoms with E-state index in [1.807, 2.05) is 12.1 Å². The number of anilines is 1. The largest absolute Gasteiger partial charge is 0.453 e. The van der Waals surface area contributed by atoms with Crippen LogP contribution in [-0.4, -0.2) is 29.5 Å². The van der Waals surface area contributed by atoms with Crippen LogP contribution >= 0.6 is 0 Å². The minimum Gasteiger partial charge on any atom is -0.453 e. The fraction of sp³-hybridized carbons (Fsp3) is 0.333. The first kappa shape index (κ1) is 23.0. The number of nitrogens with one attached hydrogen (secondary N) is 1. The minimum absolute atomic E-state index is 0.0148. The average molecular weight is 409 g/mol. The standard InChI is InChI=1S/C24H27NO5/c1-4-6-18-9-11-19(12-10-18)22(27)13-14-23(28)30-17(3)24(29)25-21-8-5-7-20(15-21)16(2)26/h5,7-12,15,17H,4,6,13-14H2,1-3H3,(H,25,29)/t17-/m0/s1. The van der Waals surface area contributed by atoms with Crippen LogP contribution in [0.15, 0.2) is 48.5 Å². The van der Waals surface area contributed by atoms with Crippen LogP contribution < -0.4 is 5.32 Å². The molecule has 0 fully saturated rings. The molecule has 30 heavy (non-hydrogen) atoms. The first-order valence-corrected chi connectivity index (χ1v) is 10.0. The third-order valence-electron chi connectivity index (χ3n) is 4.58. The number of ketones is 2. The lowest BCUT2D eigenvalue weighted by Crippen LogP contribution is -2.30. The van der Waals surface area contributed by atoms with Crippen LogP contribution in [0, 0.1) is 0 Å². The second kappa shape index (κ2) is 11.0. The molecule has 0 heterocycles. The Morgan fingerprint density at radius 3 is 2.30 bits per heavy atom. The summed E-state index contributed by atoms with van der Waals surface area (Å²) in [7, 11) is 0. The van der Waals surface area contributed by atoms with Crippen molar-refractivity contribution in [2.24, 2.45) is 0 Å². The third-order valence-corrected chi connectivity index (χ3v) is 4.58. The van der Waals surface area contributed by atoms with Crippen LogP contribution in [0.2, 0.25) is 0 Å². The van der Waals surface area contributed by atoms with Gasteiger partial charge < -0.3 is 10.1 Å². The number of rotatable bonds is 10. The second-order valence-corrected chi connectivity index (χ2v) is 7.13. The van der Waals surface area contributed by atoms with Crippen LogP contribution in [0.25, 0.3) is 0 Å². The predicted octanol–water partition coefficient (Wildman–Crippen LogP) is 4.38. The van der Waals surface area contributed by atoms with E-state index in [-0.39, 0.29) is 24.4 Å². The zero-order valence-corrected chi connectivity index (χ0v) is 17.6. The number of esters is 1. The Kier molecular flexibility index (Phi) is 8.47. The number of Topliss-reactive ketones (excluding diaryl/α,β-unsaturated/α-hetero) is 2. The summed E-state index contributed by atoms with van der Waals surface area (Å²) < 4.78 is 5.13. The molecule has 2 aromatic rings. The number of hydrogen-bond acceptors (Lipinski definition) is 5. The highest BCUT2D eigenvalue weighted by atomic mass is 16.5. The van der Waals surface area contributed by atoms with Gasteiger partial charge in [0.15, 0.2) is 17.7 Å². The normalized spacial score (nSPS) is 11.4. The molecule has 0 spiro atoms. The van der Waals surface area contributed by atoms with Crippen molar-refractivity contribution in [1.29, 1.82) is 0 Å². The van der Waals surface area contributed by atoms with Crippen molar-refractivity contribution in [2.45, 2.75) is 52.6 Å². The molecule has 0 aliphatic carbocycles. The van der Waals surface area contributed by atoms with E-state index in [9.17, 15) is 19.2 Å². The van der Waals surface area contributed by atoms with E-state index in [1.165, 1.54) is 19.4 Å². The summed E-state index contributed by atoms with van der Waals surface area (Å²) in [4.78, 5) is 47.9. The molecule has 1 atom stereocenters. The molecule has 0 bridgehead atoms. The van der Waals surface area contributed by atoms with E-state index in [4.69, 9.17) is 4.74 Å². The van der Waals surface area contributed by atoms with Crippen molar-refractivity contribution in [2.75, 3.05) is 5.32 Å². The molecule has 0 radical (unpaired) electrons. The Bertz CT molecular complexity index is 917. The van der Waals surface area contributed by atoms with E-state index < -0.39 is 18.0 Å². The Labute approximate surface area is 176 Å². The molecule has 0 saturated carbocycles. The van der Waals surface area contributed by atoms with Gasteiger partial charge in [-0.25, -0.2) is 0 Å². The van der Waals surface area contributed by atoms with Gasteiger partial charge in [0.25, 0.3) is 5.91 Å². The number of ether oxygens (including phenoxy) is 1. The van der Waals surface area contributed by atoms with Gasteiger partial charge in [-0.2, -0.15) is 0 Å². The molecule has 2 rings (SSSR count). The first-order chi connectivity index (χ1) is 14.3. The molecule has 6 nitrogen and oxygen atoms in total. The maximum atomic E-state index is 12.3. The van der Waals surface area contributed by atoms with E-state index >= 15 is 0 Å². The van der Waals surface area contributed by atoms with Gasteiger partial charge in [-0.15, -0.1) is 0 Å². The van der Waals surface area contributed by atoms with Crippen molar-refractivity contribution >= 4 is 29.1 Å². The van der Waals surface area contributed by atoms with Gasteiger partial charge in [0.05, 0.1) is 6.42 Å². The van der Waals surface area contributed by atoms with Crippen LogP contribution in [0.3, 0.4) is 0 Å². The molecule has 6 heteroatoms. The second-order valence-electron chi connectivity index (χ2n) is 7.13. The van der Waals surface area contributed by atoms with Crippen LogP contribution in [0.5, 0.6) is 0 Å². The molecule has 0 unspecified atom stereocenters. The lowest BCUT2D eigenvalue weighted by Gasteiger charge is -2.14. The van der Waals surface area contributed by atoms with E-state index in [1.54, 1.807) is 36.4 Å². The molecule has 0 aromatic heterocycles. The highest BCUT2D eigenvalue weighted by Gasteiger charge is 2.19. The zero-order chi connectivity index (χ0) is 22.1. The number of hydrogen-bond donors (Lipinski definition) is 1. The van der Waals surface area contributed by atoms with Crippen molar-refractivity contribution in [3.63, 3.8) is 0 Å². The van der Waals surface area contributed by atoms with Crippen molar-refractivity contribution < 1.29 is 23.9 Å². The topological polar surface area (TPSA) is 89.5 Å². The summed E-state index contributed by atoms with van der Waals surface area (Å²) in [5, 5.41) is 2.61. The summed E-state index contributed by atoms with van der Waals surface area (Å²) in [6.07, 6.45) is 0.878. The lowest BCUT2D eigenvalue weighted by molar-refractivity contribution is -0.153. The van der Waals surface area contributed by atoms with Crippen molar-refractivity contribution in [1.82, 2.24) is 0 Å². The third kappa shape index (κ3) is 6.95. The SMILES string of the molecule is CCCc1ccc(C(=O)CCC(=O)O[C@@H](C)C(=O)Nc2cccc(C(C)=O)c2)cc1. The number of benzene rings is 2. The van der Waals surface area contributed by atoms with Gasteiger partial charge in [0.1, 0.15) is 0 Å². The summed E-state index contributed by atoms with van der Waals surface area (Å²) >= 11 is 0. The average Bonchev–Trinajstić information content (AvgIpc) is 2.73. The van der Waals surface area contributed by atoms with E-state index in [0.29, 0.717) is 16.8 Å². The van der Waals surface area contributed by atoms with Gasteiger partial charge in [-0.05, 0) is 38.0 Å². The summed E-state index contributed by atoms with van der Waals surface area (Å²) in [5.41, 5.74) is 2.64. The fourth-order valence-corrected chi connectivity index (χ4v) is 2.88. The molecule has 0 aliphatic rings. The Morgan fingerprint density at radius 2 is 1.67 bits per heavy atom. The van der Waals surface area contributed by atoms with Crippen molar-refractivity contribution in [3.05, 3.63) is 65.2 Å². The molecular formula is C24H27NO5. The first-order valence-electron chi connectivity index (χ1n) is 10.0.